The Morgan fingerprint density at radius 3 is 3.00 bits per heavy atom. The predicted octanol–water partition coefficient (Wildman–Crippen LogP) is 0.465. The van der Waals surface area contributed by atoms with Gasteiger partial charge in [-0.2, -0.15) is 0 Å². The van der Waals surface area contributed by atoms with Gasteiger partial charge in [0.25, 0.3) is 0 Å². The number of nitrogens with one attached hydrogen (secondary N) is 1. The number of hydrogen-bond donors (Lipinski definition) is 3. The molecule has 1 aromatic heterocycles. The molecule has 16 heavy (non-hydrogen) atoms. The number of nitrogens with zero attached hydrogens (tertiary/aromatic N) is 1. The molecule has 0 spiro atoms. The Morgan fingerprint density at radius 2 is 2.38 bits per heavy atom. The molecule has 0 saturated carbocycles. The number of amidine groups is 1. The van der Waals surface area contributed by atoms with E-state index in [-0.39, 0.29) is 11.7 Å². The van der Waals surface area contributed by atoms with Crippen LogP contribution in [-0.2, 0) is 11.2 Å². The van der Waals surface area contributed by atoms with E-state index in [0.29, 0.717) is 25.8 Å². The lowest BCUT2D eigenvalue weighted by Gasteiger charge is -2.03. The zero-order valence-electron chi connectivity index (χ0n) is 8.85. The molecule has 0 aromatic carbocycles. The van der Waals surface area contributed by atoms with Crippen molar-refractivity contribution in [3.8, 4) is 0 Å². The molecular formula is C10H15N3O3. The lowest BCUT2D eigenvalue weighted by atomic mass is 10.2. The average Bonchev–Trinajstić information content (AvgIpc) is 2.79. The first kappa shape index (κ1) is 12.1. The summed E-state index contributed by atoms with van der Waals surface area (Å²) in [5, 5.41) is 13.7. The average molecular weight is 225 g/mol. The molecule has 1 aromatic rings. The Balaban J connectivity index is 2.12. The monoisotopic (exact) mass is 225 g/mol. The van der Waals surface area contributed by atoms with E-state index < -0.39 is 0 Å². The smallest absolute Gasteiger partial charge is 0.220 e. The van der Waals surface area contributed by atoms with Gasteiger partial charge in [0.05, 0.1) is 6.26 Å². The van der Waals surface area contributed by atoms with E-state index >= 15 is 0 Å². The van der Waals surface area contributed by atoms with Crippen LogP contribution in [0.25, 0.3) is 0 Å². The SMILES string of the molecule is NC(CCNC(=O)CCc1ccco1)=NO. The molecule has 88 valence electrons. The fourth-order valence-corrected chi connectivity index (χ4v) is 1.16. The highest BCUT2D eigenvalue weighted by Crippen LogP contribution is 2.02. The van der Waals surface area contributed by atoms with E-state index in [4.69, 9.17) is 15.4 Å². The van der Waals surface area contributed by atoms with Gasteiger partial charge in [0.2, 0.25) is 5.91 Å². The van der Waals surface area contributed by atoms with Gasteiger partial charge in [-0.25, -0.2) is 0 Å². The van der Waals surface area contributed by atoms with E-state index in [2.05, 4.69) is 10.5 Å². The molecule has 0 atom stereocenters. The second-order valence-corrected chi connectivity index (χ2v) is 3.27. The maximum absolute atomic E-state index is 11.3. The van der Waals surface area contributed by atoms with Gasteiger partial charge in [-0.3, -0.25) is 4.79 Å². The number of carbonyl (C=O) groups is 1. The second-order valence-electron chi connectivity index (χ2n) is 3.27. The molecule has 0 aliphatic carbocycles. The molecule has 0 bridgehead atoms. The molecule has 6 nitrogen and oxygen atoms in total. The van der Waals surface area contributed by atoms with Gasteiger partial charge in [-0.15, -0.1) is 0 Å². The van der Waals surface area contributed by atoms with Crippen LogP contribution in [0.4, 0.5) is 0 Å². The molecule has 0 aliphatic rings. The number of furan rings is 1. The highest BCUT2D eigenvalue weighted by atomic mass is 16.4. The minimum atomic E-state index is -0.0814. The number of hydrogen-bond acceptors (Lipinski definition) is 4. The highest BCUT2D eigenvalue weighted by Gasteiger charge is 2.03. The van der Waals surface area contributed by atoms with Crippen molar-refractivity contribution < 1.29 is 14.4 Å². The third-order valence-electron chi connectivity index (χ3n) is 2.01. The summed E-state index contributed by atoms with van der Waals surface area (Å²) in [6.07, 6.45) is 2.85. The van der Waals surface area contributed by atoms with E-state index in [1.54, 1.807) is 12.3 Å². The quantitative estimate of drug-likeness (QED) is 0.283. The van der Waals surface area contributed by atoms with Crippen molar-refractivity contribution in [1.82, 2.24) is 5.32 Å². The van der Waals surface area contributed by atoms with Crippen LogP contribution in [0, 0.1) is 0 Å². The summed E-state index contributed by atoms with van der Waals surface area (Å²) in [4.78, 5) is 11.3. The van der Waals surface area contributed by atoms with Crippen molar-refractivity contribution in [2.75, 3.05) is 6.54 Å². The van der Waals surface area contributed by atoms with Crippen LogP contribution < -0.4 is 11.1 Å². The van der Waals surface area contributed by atoms with Crippen molar-refractivity contribution in [3.63, 3.8) is 0 Å². The third-order valence-corrected chi connectivity index (χ3v) is 2.01. The van der Waals surface area contributed by atoms with E-state index in [0.717, 1.165) is 5.76 Å². The van der Waals surface area contributed by atoms with Crippen LogP contribution in [0.2, 0.25) is 0 Å². The summed E-state index contributed by atoms with van der Waals surface area (Å²) in [5.74, 6) is 0.806. The minimum Gasteiger partial charge on any atom is -0.469 e. The molecule has 0 fully saturated rings. The summed E-state index contributed by atoms with van der Waals surface area (Å²) in [6.45, 7) is 0.368. The van der Waals surface area contributed by atoms with Gasteiger partial charge in [-0.1, -0.05) is 5.16 Å². The van der Waals surface area contributed by atoms with Crippen LogP contribution in [0.1, 0.15) is 18.6 Å². The van der Waals surface area contributed by atoms with Crippen LogP contribution in [-0.4, -0.2) is 23.5 Å². The fraction of sp³-hybridized carbons (Fsp3) is 0.400. The Morgan fingerprint density at radius 1 is 1.56 bits per heavy atom. The number of nitrogens with two attached hydrogens (primary N) is 1. The minimum absolute atomic E-state index is 0.0814. The highest BCUT2D eigenvalue weighted by molar-refractivity contribution is 5.81. The zero-order chi connectivity index (χ0) is 11.8. The predicted molar refractivity (Wildman–Crippen MR) is 58.1 cm³/mol. The number of rotatable bonds is 6. The first-order valence-electron chi connectivity index (χ1n) is 4.98. The van der Waals surface area contributed by atoms with E-state index in [1.165, 1.54) is 0 Å². The summed E-state index contributed by atoms with van der Waals surface area (Å²) in [7, 11) is 0. The standard InChI is InChI=1S/C10H15N3O3/c11-9(13-15)5-6-12-10(14)4-3-8-2-1-7-16-8/h1-2,7,15H,3-6H2,(H2,11,13)(H,12,14). The molecule has 0 saturated heterocycles. The van der Waals surface area contributed by atoms with Gasteiger partial charge < -0.3 is 20.7 Å². The van der Waals surface area contributed by atoms with Crippen LogP contribution >= 0.6 is 0 Å². The lowest BCUT2D eigenvalue weighted by Crippen LogP contribution is -2.28. The Kier molecular flexibility index (Phi) is 4.91. The molecule has 4 N–H and O–H groups in total. The number of aryl methyl sites for hydroxylation is 1. The summed E-state index contributed by atoms with van der Waals surface area (Å²) >= 11 is 0. The fourth-order valence-electron chi connectivity index (χ4n) is 1.16. The molecule has 1 rings (SSSR count). The number of amides is 1. The van der Waals surface area contributed by atoms with Crippen molar-refractivity contribution in [2.24, 2.45) is 10.9 Å². The number of carbonyl (C=O) groups excluding carboxylic acids is 1. The number of oxime groups is 1. The molecular weight excluding hydrogens is 210 g/mol. The molecule has 1 amide bonds. The van der Waals surface area contributed by atoms with Crippen molar-refractivity contribution >= 4 is 11.7 Å². The molecule has 0 aliphatic heterocycles. The topological polar surface area (TPSA) is 101 Å². The zero-order valence-corrected chi connectivity index (χ0v) is 8.85. The first-order valence-corrected chi connectivity index (χ1v) is 4.98. The lowest BCUT2D eigenvalue weighted by molar-refractivity contribution is -0.121. The van der Waals surface area contributed by atoms with Gasteiger partial charge >= 0.3 is 0 Å². The van der Waals surface area contributed by atoms with Crippen molar-refractivity contribution in [1.29, 1.82) is 0 Å². The summed E-state index contributed by atoms with van der Waals surface area (Å²) < 4.78 is 5.09. The van der Waals surface area contributed by atoms with Crippen LogP contribution in [0.15, 0.2) is 28.0 Å². The van der Waals surface area contributed by atoms with Crippen LogP contribution in [0.3, 0.4) is 0 Å². The van der Waals surface area contributed by atoms with Crippen molar-refractivity contribution in [2.45, 2.75) is 19.3 Å². The van der Waals surface area contributed by atoms with Gasteiger partial charge in [0, 0.05) is 25.8 Å². The Hall–Kier alpha value is -1.98. The largest absolute Gasteiger partial charge is 0.469 e. The first-order chi connectivity index (χ1) is 7.72. The van der Waals surface area contributed by atoms with E-state index in [1.807, 2.05) is 6.07 Å². The molecule has 0 unspecified atom stereocenters. The summed E-state index contributed by atoms with van der Waals surface area (Å²) in [5.41, 5.74) is 5.24. The van der Waals surface area contributed by atoms with Crippen LogP contribution in [0.5, 0.6) is 0 Å². The van der Waals surface area contributed by atoms with Crippen molar-refractivity contribution in [3.05, 3.63) is 24.2 Å². The molecule has 0 radical (unpaired) electrons. The second kappa shape index (κ2) is 6.49. The normalized spacial score (nSPS) is 11.4. The summed E-state index contributed by atoms with van der Waals surface area (Å²) in [6, 6.07) is 3.61. The molecule has 6 heteroatoms. The van der Waals surface area contributed by atoms with Gasteiger partial charge in [0.1, 0.15) is 11.6 Å². The maximum atomic E-state index is 11.3. The van der Waals surface area contributed by atoms with Gasteiger partial charge in [0.15, 0.2) is 0 Å². The molecule has 1 heterocycles. The Labute approximate surface area is 93.1 Å². The maximum Gasteiger partial charge on any atom is 0.220 e. The Bertz CT molecular complexity index is 346. The third kappa shape index (κ3) is 4.50. The van der Waals surface area contributed by atoms with Gasteiger partial charge in [-0.05, 0) is 12.1 Å². The van der Waals surface area contributed by atoms with E-state index in [9.17, 15) is 4.79 Å².